The maximum atomic E-state index is 11.7. The summed E-state index contributed by atoms with van der Waals surface area (Å²) in [5.74, 6) is -0.380. The molecule has 1 amide bonds. The molecule has 3 N–H and O–H groups in total. The molecular formula is C10H15N3O3S. The molecule has 0 radical (unpaired) electrons. The van der Waals surface area contributed by atoms with Crippen LogP contribution in [0.2, 0.25) is 0 Å². The molecule has 0 saturated heterocycles. The average Bonchev–Trinajstić information content (AvgIpc) is 2.75. The van der Waals surface area contributed by atoms with Crippen molar-refractivity contribution in [2.24, 2.45) is 5.92 Å². The fourth-order valence-corrected chi connectivity index (χ4v) is 2.01. The third kappa shape index (κ3) is 3.77. The van der Waals surface area contributed by atoms with E-state index in [1.807, 2.05) is 13.2 Å². The van der Waals surface area contributed by atoms with Crippen LogP contribution in [0.25, 0.3) is 0 Å². The van der Waals surface area contributed by atoms with E-state index in [0.29, 0.717) is 12.5 Å². The third-order valence-electron chi connectivity index (χ3n) is 2.13. The summed E-state index contributed by atoms with van der Waals surface area (Å²) in [4.78, 5) is 28.6. The highest BCUT2D eigenvalue weighted by Gasteiger charge is 2.19. The molecule has 0 aromatic carbocycles. The molecule has 1 unspecified atom stereocenters. The minimum absolute atomic E-state index is 0.0751. The standard InChI is InChI=1S/C10H15N3O3S/c1-6(4-17-2)3-11-9(14)7-8(10(15)16)13-5-12-7/h5-6H,3-4H2,1-2H3,(H,11,14)(H,12,13)(H,15,16). The number of aromatic nitrogens is 2. The Morgan fingerprint density at radius 1 is 1.65 bits per heavy atom. The summed E-state index contributed by atoms with van der Waals surface area (Å²) in [6.45, 7) is 2.52. The number of hydrogen-bond acceptors (Lipinski definition) is 4. The van der Waals surface area contributed by atoms with Gasteiger partial charge >= 0.3 is 5.97 Å². The molecule has 7 heteroatoms. The van der Waals surface area contributed by atoms with Crippen molar-refractivity contribution in [1.29, 1.82) is 0 Å². The predicted octanol–water partition coefficient (Wildman–Crippen LogP) is 0.837. The van der Waals surface area contributed by atoms with Crippen LogP contribution in [0.4, 0.5) is 0 Å². The first kappa shape index (κ1) is 13.6. The van der Waals surface area contributed by atoms with E-state index < -0.39 is 11.9 Å². The van der Waals surface area contributed by atoms with Crippen LogP contribution in [-0.4, -0.2) is 45.5 Å². The van der Waals surface area contributed by atoms with Gasteiger partial charge in [-0.25, -0.2) is 9.78 Å². The highest BCUT2D eigenvalue weighted by molar-refractivity contribution is 7.98. The third-order valence-corrected chi connectivity index (χ3v) is 3.03. The largest absolute Gasteiger partial charge is 0.477 e. The summed E-state index contributed by atoms with van der Waals surface area (Å²) >= 11 is 1.70. The molecule has 1 atom stereocenters. The van der Waals surface area contributed by atoms with Crippen molar-refractivity contribution in [3.8, 4) is 0 Å². The van der Waals surface area contributed by atoms with Gasteiger partial charge in [0.05, 0.1) is 6.33 Å². The van der Waals surface area contributed by atoms with Crippen molar-refractivity contribution in [2.75, 3.05) is 18.6 Å². The molecule has 1 rings (SSSR count). The summed E-state index contributed by atoms with van der Waals surface area (Å²) in [6.07, 6.45) is 3.19. The lowest BCUT2D eigenvalue weighted by molar-refractivity contribution is 0.0685. The Balaban J connectivity index is 2.58. The molecule has 94 valence electrons. The van der Waals surface area contributed by atoms with E-state index in [9.17, 15) is 9.59 Å². The van der Waals surface area contributed by atoms with Crippen molar-refractivity contribution in [1.82, 2.24) is 15.3 Å². The Kier molecular flexibility index (Phi) is 5.02. The van der Waals surface area contributed by atoms with Crippen LogP contribution in [0, 0.1) is 5.92 Å². The summed E-state index contributed by atoms with van der Waals surface area (Å²) in [7, 11) is 0. The maximum absolute atomic E-state index is 11.7. The van der Waals surface area contributed by atoms with Gasteiger partial charge in [0.2, 0.25) is 0 Å². The average molecular weight is 257 g/mol. The first-order valence-electron chi connectivity index (χ1n) is 5.10. The molecular weight excluding hydrogens is 242 g/mol. The first-order valence-corrected chi connectivity index (χ1v) is 6.49. The van der Waals surface area contributed by atoms with Gasteiger partial charge in [-0.3, -0.25) is 4.79 Å². The second kappa shape index (κ2) is 6.29. The van der Waals surface area contributed by atoms with Gasteiger partial charge in [0.1, 0.15) is 0 Å². The Hall–Kier alpha value is -1.50. The van der Waals surface area contributed by atoms with Crippen molar-refractivity contribution >= 4 is 23.6 Å². The molecule has 1 aromatic rings. The van der Waals surface area contributed by atoms with E-state index in [-0.39, 0.29) is 11.4 Å². The number of amides is 1. The fraction of sp³-hybridized carbons (Fsp3) is 0.500. The number of imidazole rings is 1. The number of aromatic carboxylic acids is 1. The lowest BCUT2D eigenvalue weighted by atomic mass is 10.2. The molecule has 0 aliphatic heterocycles. The van der Waals surface area contributed by atoms with Gasteiger partial charge < -0.3 is 15.4 Å². The fourth-order valence-electron chi connectivity index (χ4n) is 1.32. The smallest absolute Gasteiger partial charge is 0.354 e. The molecule has 0 spiro atoms. The molecule has 0 bridgehead atoms. The Morgan fingerprint density at radius 2 is 2.35 bits per heavy atom. The number of carbonyl (C=O) groups excluding carboxylic acids is 1. The van der Waals surface area contributed by atoms with Crippen LogP contribution >= 0.6 is 11.8 Å². The Labute approximate surface area is 103 Å². The number of nitrogens with one attached hydrogen (secondary N) is 2. The van der Waals surface area contributed by atoms with Crippen LogP contribution in [0.1, 0.15) is 27.9 Å². The first-order chi connectivity index (χ1) is 8.06. The normalized spacial score (nSPS) is 12.1. The van der Waals surface area contributed by atoms with E-state index in [0.717, 1.165) is 5.75 Å². The number of nitrogens with zero attached hydrogens (tertiary/aromatic N) is 1. The highest BCUT2D eigenvalue weighted by atomic mass is 32.2. The summed E-state index contributed by atoms with van der Waals surface area (Å²) < 4.78 is 0. The van der Waals surface area contributed by atoms with Crippen LogP contribution < -0.4 is 5.32 Å². The Bertz CT molecular complexity index is 405. The second-order valence-corrected chi connectivity index (χ2v) is 4.61. The maximum Gasteiger partial charge on any atom is 0.354 e. The van der Waals surface area contributed by atoms with Crippen LogP contribution in [0.3, 0.4) is 0 Å². The number of H-pyrrole nitrogens is 1. The van der Waals surface area contributed by atoms with Crippen molar-refractivity contribution in [2.45, 2.75) is 6.92 Å². The van der Waals surface area contributed by atoms with Gasteiger partial charge in [-0.15, -0.1) is 0 Å². The van der Waals surface area contributed by atoms with E-state index in [1.165, 1.54) is 6.33 Å². The quantitative estimate of drug-likeness (QED) is 0.702. The van der Waals surface area contributed by atoms with Crippen molar-refractivity contribution < 1.29 is 14.7 Å². The molecule has 1 heterocycles. The number of hydrogen-bond donors (Lipinski definition) is 3. The highest BCUT2D eigenvalue weighted by Crippen LogP contribution is 2.05. The summed E-state index contributed by atoms with van der Waals surface area (Å²) in [5.41, 5.74) is -0.256. The lowest BCUT2D eigenvalue weighted by Crippen LogP contribution is -2.30. The minimum Gasteiger partial charge on any atom is -0.477 e. The van der Waals surface area contributed by atoms with E-state index in [4.69, 9.17) is 5.11 Å². The van der Waals surface area contributed by atoms with E-state index in [2.05, 4.69) is 15.3 Å². The van der Waals surface area contributed by atoms with Gasteiger partial charge in [-0.2, -0.15) is 11.8 Å². The topological polar surface area (TPSA) is 95.1 Å². The molecule has 1 aromatic heterocycles. The van der Waals surface area contributed by atoms with E-state index >= 15 is 0 Å². The number of aromatic amines is 1. The molecule has 0 saturated carbocycles. The second-order valence-electron chi connectivity index (χ2n) is 3.70. The van der Waals surface area contributed by atoms with Gasteiger partial charge in [-0.1, -0.05) is 6.92 Å². The number of carbonyl (C=O) groups is 2. The van der Waals surface area contributed by atoms with Crippen molar-refractivity contribution in [3.63, 3.8) is 0 Å². The van der Waals surface area contributed by atoms with Crippen LogP contribution in [-0.2, 0) is 0 Å². The molecule has 17 heavy (non-hydrogen) atoms. The zero-order valence-corrected chi connectivity index (χ0v) is 10.5. The molecule has 0 fully saturated rings. The SMILES string of the molecule is CSCC(C)CNC(=O)c1nc[nH]c1C(=O)O. The van der Waals surface area contributed by atoms with Crippen molar-refractivity contribution in [3.05, 3.63) is 17.7 Å². The van der Waals surface area contributed by atoms with Gasteiger partial charge in [0.15, 0.2) is 11.4 Å². The summed E-state index contributed by atoms with van der Waals surface area (Å²) in [6, 6.07) is 0. The number of thioether (sulfide) groups is 1. The molecule has 0 aliphatic rings. The zero-order valence-electron chi connectivity index (χ0n) is 9.69. The number of rotatable bonds is 6. The Morgan fingerprint density at radius 3 is 2.94 bits per heavy atom. The van der Waals surface area contributed by atoms with Crippen LogP contribution in [0.5, 0.6) is 0 Å². The summed E-state index contributed by atoms with van der Waals surface area (Å²) in [5, 5.41) is 11.5. The van der Waals surface area contributed by atoms with Crippen LogP contribution in [0.15, 0.2) is 6.33 Å². The van der Waals surface area contributed by atoms with E-state index in [1.54, 1.807) is 11.8 Å². The van der Waals surface area contributed by atoms with Gasteiger partial charge in [-0.05, 0) is 17.9 Å². The lowest BCUT2D eigenvalue weighted by Gasteiger charge is -2.10. The number of carboxylic acid groups (broad SMARTS) is 1. The predicted molar refractivity (Wildman–Crippen MR) is 65.4 cm³/mol. The number of carboxylic acids is 1. The molecule has 6 nitrogen and oxygen atoms in total. The van der Waals surface area contributed by atoms with Gasteiger partial charge in [0.25, 0.3) is 5.91 Å². The van der Waals surface area contributed by atoms with Gasteiger partial charge in [0, 0.05) is 6.54 Å². The molecule has 0 aliphatic carbocycles. The monoisotopic (exact) mass is 257 g/mol. The zero-order chi connectivity index (χ0) is 12.8. The minimum atomic E-state index is -1.19.